The molecule has 0 aliphatic rings. The van der Waals surface area contributed by atoms with Crippen LogP contribution < -0.4 is 0 Å². The fourth-order valence-electron chi connectivity index (χ4n) is 1.48. The molecule has 0 saturated heterocycles. The van der Waals surface area contributed by atoms with Gasteiger partial charge in [0.05, 0.1) is 5.56 Å². The standard InChI is InChI=1S/C13H7F5N2/c14-11(15)6-5-10-7-19-12(20-10)8-1-3-9(4-2-8)13(16,17)18/h1-4,7,11H,(H,19,20). The number of hydrogen-bond donors (Lipinski definition) is 1. The van der Waals surface area contributed by atoms with E-state index in [-0.39, 0.29) is 11.5 Å². The van der Waals surface area contributed by atoms with E-state index in [2.05, 4.69) is 15.9 Å². The van der Waals surface area contributed by atoms with Crippen molar-refractivity contribution in [2.75, 3.05) is 0 Å². The molecule has 1 aromatic heterocycles. The maximum absolute atomic E-state index is 12.4. The van der Waals surface area contributed by atoms with Crippen molar-refractivity contribution in [3.05, 3.63) is 41.7 Å². The third kappa shape index (κ3) is 3.35. The molecule has 0 atom stereocenters. The Morgan fingerprint density at radius 2 is 1.75 bits per heavy atom. The molecule has 1 heterocycles. The minimum Gasteiger partial charge on any atom is -0.343 e. The van der Waals surface area contributed by atoms with Gasteiger partial charge >= 0.3 is 6.18 Å². The van der Waals surface area contributed by atoms with Gasteiger partial charge in [-0.3, -0.25) is 0 Å². The lowest BCUT2D eigenvalue weighted by Crippen LogP contribution is -2.04. The van der Waals surface area contributed by atoms with E-state index in [1.165, 1.54) is 18.3 Å². The monoisotopic (exact) mass is 286 g/mol. The van der Waals surface area contributed by atoms with Crippen LogP contribution in [0.25, 0.3) is 11.4 Å². The van der Waals surface area contributed by atoms with E-state index in [9.17, 15) is 22.0 Å². The molecule has 0 spiro atoms. The normalized spacial score (nSPS) is 11.3. The predicted octanol–water partition coefficient (Wildman–Crippen LogP) is 3.71. The number of rotatable bonds is 1. The summed E-state index contributed by atoms with van der Waals surface area (Å²) in [7, 11) is 0. The molecule has 20 heavy (non-hydrogen) atoms. The van der Waals surface area contributed by atoms with Crippen LogP contribution in [0.3, 0.4) is 0 Å². The lowest BCUT2D eigenvalue weighted by atomic mass is 10.1. The second-order valence-corrected chi connectivity index (χ2v) is 3.78. The van der Waals surface area contributed by atoms with Crippen molar-refractivity contribution < 1.29 is 22.0 Å². The molecule has 7 heteroatoms. The van der Waals surface area contributed by atoms with Gasteiger partial charge in [0.1, 0.15) is 11.5 Å². The first-order valence-corrected chi connectivity index (χ1v) is 5.39. The van der Waals surface area contributed by atoms with Gasteiger partial charge in [0.2, 0.25) is 0 Å². The highest BCUT2D eigenvalue weighted by Crippen LogP contribution is 2.30. The third-order valence-electron chi connectivity index (χ3n) is 2.37. The van der Waals surface area contributed by atoms with Gasteiger partial charge in [-0.15, -0.1) is 0 Å². The van der Waals surface area contributed by atoms with E-state index in [0.717, 1.165) is 12.1 Å². The van der Waals surface area contributed by atoms with Crippen LogP contribution in [0.4, 0.5) is 22.0 Å². The molecule has 0 aliphatic heterocycles. The molecule has 1 aromatic carbocycles. The van der Waals surface area contributed by atoms with E-state index in [1.54, 1.807) is 5.92 Å². The van der Waals surface area contributed by atoms with Gasteiger partial charge in [0.15, 0.2) is 0 Å². The maximum atomic E-state index is 12.4. The molecule has 104 valence electrons. The molecule has 2 rings (SSSR count). The number of aromatic amines is 1. The minimum absolute atomic E-state index is 0.0974. The van der Waals surface area contributed by atoms with Gasteiger partial charge in [-0.2, -0.15) is 22.0 Å². The van der Waals surface area contributed by atoms with E-state index < -0.39 is 18.2 Å². The highest BCUT2D eigenvalue weighted by atomic mass is 19.4. The van der Waals surface area contributed by atoms with Crippen LogP contribution in [0.15, 0.2) is 30.5 Å². The second kappa shape index (κ2) is 5.33. The number of nitrogens with zero attached hydrogens (tertiary/aromatic N) is 1. The first-order chi connectivity index (χ1) is 9.36. The van der Waals surface area contributed by atoms with Gasteiger partial charge in [-0.1, -0.05) is 12.1 Å². The molecule has 0 aliphatic carbocycles. The first kappa shape index (κ1) is 14.1. The van der Waals surface area contributed by atoms with Gasteiger partial charge in [0.25, 0.3) is 6.43 Å². The second-order valence-electron chi connectivity index (χ2n) is 3.78. The SMILES string of the molecule is FC(F)C#Cc1c[nH]c(-c2ccc(C(F)(F)F)cc2)n1. The van der Waals surface area contributed by atoms with Crippen molar-refractivity contribution >= 4 is 0 Å². The number of hydrogen-bond acceptors (Lipinski definition) is 1. The Kier molecular flexibility index (Phi) is 3.74. The molecule has 0 saturated carbocycles. The van der Waals surface area contributed by atoms with Crippen LogP contribution in [-0.2, 0) is 6.18 Å². The predicted molar refractivity (Wildman–Crippen MR) is 61.9 cm³/mol. The highest BCUT2D eigenvalue weighted by Gasteiger charge is 2.30. The largest absolute Gasteiger partial charge is 0.416 e. The highest BCUT2D eigenvalue weighted by molar-refractivity contribution is 5.56. The lowest BCUT2D eigenvalue weighted by molar-refractivity contribution is -0.137. The molecule has 1 N–H and O–H groups in total. The summed E-state index contributed by atoms with van der Waals surface area (Å²) in [5, 5.41) is 0. The van der Waals surface area contributed by atoms with E-state index in [4.69, 9.17) is 0 Å². The van der Waals surface area contributed by atoms with Crippen LogP contribution in [0.2, 0.25) is 0 Å². The molecular weight excluding hydrogens is 279 g/mol. The Bertz CT molecular complexity index is 644. The van der Waals surface area contributed by atoms with Crippen molar-refractivity contribution in [1.82, 2.24) is 9.97 Å². The van der Waals surface area contributed by atoms with E-state index >= 15 is 0 Å². The average molecular weight is 286 g/mol. The number of H-pyrrole nitrogens is 1. The van der Waals surface area contributed by atoms with Gasteiger partial charge in [-0.25, -0.2) is 4.98 Å². The zero-order chi connectivity index (χ0) is 14.8. The Morgan fingerprint density at radius 3 is 2.30 bits per heavy atom. The Hall–Kier alpha value is -2.36. The van der Waals surface area contributed by atoms with Crippen LogP contribution in [0.5, 0.6) is 0 Å². The van der Waals surface area contributed by atoms with E-state index in [0.29, 0.717) is 5.56 Å². The Morgan fingerprint density at radius 1 is 1.10 bits per heavy atom. The average Bonchev–Trinajstić information content (AvgIpc) is 2.84. The quantitative estimate of drug-likeness (QED) is 0.628. The van der Waals surface area contributed by atoms with Gasteiger partial charge in [0, 0.05) is 11.8 Å². The zero-order valence-corrected chi connectivity index (χ0v) is 9.80. The number of alkyl halides is 5. The molecule has 0 amide bonds. The van der Waals surface area contributed by atoms with Crippen molar-refractivity contribution in [1.29, 1.82) is 0 Å². The smallest absolute Gasteiger partial charge is 0.343 e. The zero-order valence-electron chi connectivity index (χ0n) is 9.80. The van der Waals surface area contributed by atoms with Crippen LogP contribution in [0.1, 0.15) is 11.3 Å². The van der Waals surface area contributed by atoms with Gasteiger partial charge < -0.3 is 4.98 Å². The number of halogens is 5. The maximum Gasteiger partial charge on any atom is 0.416 e. The summed E-state index contributed by atoms with van der Waals surface area (Å²) in [5.41, 5.74) is -0.270. The van der Waals surface area contributed by atoms with Crippen molar-refractivity contribution in [3.8, 4) is 23.2 Å². The molecule has 0 unspecified atom stereocenters. The van der Waals surface area contributed by atoms with Crippen LogP contribution >= 0.6 is 0 Å². The fourth-order valence-corrected chi connectivity index (χ4v) is 1.48. The third-order valence-corrected chi connectivity index (χ3v) is 2.37. The Labute approximate surface area is 110 Å². The lowest BCUT2D eigenvalue weighted by Gasteiger charge is -2.06. The number of benzene rings is 1. The summed E-state index contributed by atoms with van der Waals surface area (Å²) in [6.45, 7) is 0. The van der Waals surface area contributed by atoms with Crippen LogP contribution in [0, 0.1) is 11.8 Å². The molecule has 0 fully saturated rings. The van der Waals surface area contributed by atoms with Crippen molar-refractivity contribution in [3.63, 3.8) is 0 Å². The summed E-state index contributed by atoms with van der Waals surface area (Å²) in [5.74, 6) is 4.05. The number of aromatic nitrogens is 2. The molecule has 0 bridgehead atoms. The van der Waals surface area contributed by atoms with E-state index in [1.807, 2.05) is 0 Å². The van der Waals surface area contributed by atoms with Gasteiger partial charge in [-0.05, 0) is 24.0 Å². The molecule has 2 nitrogen and oxygen atoms in total. The Balaban J connectivity index is 2.23. The molecular formula is C13H7F5N2. The number of nitrogens with one attached hydrogen (secondary N) is 1. The summed E-state index contributed by atoms with van der Waals surface area (Å²) in [6.07, 6.45) is -5.86. The van der Waals surface area contributed by atoms with Crippen LogP contribution in [-0.4, -0.2) is 16.4 Å². The summed E-state index contributed by atoms with van der Waals surface area (Å²) in [6, 6.07) is 4.32. The summed E-state index contributed by atoms with van der Waals surface area (Å²) in [4.78, 5) is 6.56. The topological polar surface area (TPSA) is 28.7 Å². The molecule has 0 radical (unpaired) electrons. The fraction of sp³-hybridized carbons (Fsp3) is 0.154. The van der Waals surface area contributed by atoms with Crippen molar-refractivity contribution in [2.45, 2.75) is 12.6 Å². The summed E-state index contributed by atoms with van der Waals surface area (Å²) >= 11 is 0. The summed E-state index contributed by atoms with van der Waals surface area (Å²) < 4.78 is 60.9. The number of imidazole rings is 1. The molecule has 2 aromatic rings. The van der Waals surface area contributed by atoms with Crippen molar-refractivity contribution in [2.24, 2.45) is 0 Å². The first-order valence-electron chi connectivity index (χ1n) is 5.39. The minimum atomic E-state index is -4.41.